The van der Waals surface area contributed by atoms with E-state index in [0.29, 0.717) is 12.2 Å². The quantitative estimate of drug-likeness (QED) is 0.571. The van der Waals surface area contributed by atoms with E-state index in [1.807, 2.05) is 30.3 Å². The highest BCUT2D eigenvalue weighted by atomic mass is 79.9. The Kier molecular flexibility index (Phi) is 3.90. The first-order chi connectivity index (χ1) is 14.4. The fourth-order valence-corrected chi connectivity index (χ4v) is 6.65. The number of halogens is 2. The average Bonchev–Trinajstić information content (AvgIpc) is 3.42. The van der Waals surface area contributed by atoms with Crippen molar-refractivity contribution in [3.8, 4) is 0 Å². The third kappa shape index (κ3) is 2.14. The molecule has 0 bridgehead atoms. The number of amides is 3. The Bertz CT molecular complexity index is 1130. The lowest BCUT2D eigenvalue weighted by Gasteiger charge is -2.36. The second kappa shape index (κ2) is 6.24. The van der Waals surface area contributed by atoms with Crippen molar-refractivity contribution in [2.75, 3.05) is 16.8 Å². The zero-order valence-corrected chi connectivity index (χ0v) is 18.9. The Balaban J connectivity index is 1.56. The van der Waals surface area contributed by atoms with Crippen LogP contribution in [-0.4, -0.2) is 35.2 Å². The summed E-state index contributed by atoms with van der Waals surface area (Å²) in [6.45, 7) is 0.704. The van der Waals surface area contributed by atoms with Crippen LogP contribution < -0.4 is 10.2 Å². The molecule has 4 atom stereocenters. The van der Waals surface area contributed by atoms with Crippen LogP contribution in [0.4, 0.5) is 11.4 Å². The summed E-state index contributed by atoms with van der Waals surface area (Å²) in [5, 5.41) is 2.99. The van der Waals surface area contributed by atoms with Crippen molar-refractivity contribution in [3.05, 3.63) is 57.0 Å². The second-order valence-electron chi connectivity index (χ2n) is 8.31. The van der Waals surface area contributed by atoms with Crippen molar-refractivity contribution in [3.63, 3.8) is 0 Å². The number of nitrogens with one attached hydrogen (secondary N) is 1. The van der Waals surface area contributed by atoms with Gasteiger partial charge >= 0.3 is 0 Å². The number of benzene rings is 2. The van der Waals surface area contributed by atoms with Gasteiger partial charge in [0.2, 0.25) is 17.7 Å². The van der Waals surface area contributed by atoms with Gasteiger partial charge in [-0.05, 0) is 61.9 Å². The highest BCUT2D eigenvalue weighted by molar-refractivity contribution is 9.10. The van der Waals surface area contributed by atoms with Crippen molar-refractivity contribution in [2.45, 2.75) is 24.4 Å². The van der Waals surface area contributed by atoms with E-state index in [1.165, 1.54) is 4.90 Å². The Labute approximate surface area is 189 Å². The summed E-state index contributed by atoms with van der Waals surface area (Å²) >= 11 is 6.92. The predicted molar refractivity (Wildman–Crippen MR) is 118 cm³/mol. The molecule has 3 saturated heterocycles. The summed E-state index contributed by atoms with van der Waals surface area (Å²) < 4.78 is 1.72. The van der Waals surface area contributed by atoms with Crippen molar-refractivity contribution < 1.29 is 14.4 Å². The minimum atomic E-state index is -1.14. The molecular weight excluding hydrogens is 514 g/mol. The zero-order chi connectivity index (χ0) is 20.8. The molecule has 152 valence electrons. The molecule has 2 aromatic rings. The normalized spacial score (nSPS) is 32.0. The fourth-order valence-electron chi connectivity index (χ4n) is 6.02. The van der Waals surface area contributed by atoms with E-state index < -0.39 is 17.4 Å². The van der Waals surface area contributed by atoms with Crippen molar-refractivity contribution in [1.29, 1.82) is 0 Å². The Morgan fingerprint density at radius 3 is 2.47 bits per heavy atom. The third-order valence-corrected chi connectivity index (χ3v) is 8.06. The number of hydrogen-bond donors (Lipinski definition) is 1. The van der Waals surface area contributed by atoms with Crippen LogP contribution in [0.3, 0.4) is 0 Å². The van der Waals surface area contributed by atoms with E-state index in [-0.39, 0.29) is 23.8 Å². The average molecular weight is 531 g/mol. The first-order valence-electron chi connectivity index (χ1n) is 9.96. The number of rotatable bonds is 1. The van der Waals surface area contributed by atoms with Gasteiger partial charge < -0.3 is 5.32 Å². The largest absolute Gasteiger partial charge is 0.324 e. The zero-order valence-electron chi connectivity index (χ0n) is 15.8. The van der Waals surface area contributed by atoms with Gasteiger partial charge in [-0.3, -0.25) is 19.3 Å². The SMILES string of the molecule is O=C1[C@@H]2[C@@H]3CCCN3[C@@]3(C(=O)Nc4ccc(Br)cc43)[C@H]2C(=O)N1c1ccc(Br)cc1. The van der Waals surface area contributed by atoms with Crippen LogP contribution in [0.25, 0.3) is 0 Å². The van der Waals surface area contributed by atoms with Crippen molar-refractivity contribution in [2.24, 2.45) is 11.8 Å². The van der Waals surface area contributed by atoms with Gasteiger partial charge in [0.05, 0.1) is 17.5 Å². The molecule has 30 heavy (non-hydrogen) atoms. The van der Waals surface area contributed by atoms with Crippen LogP contribution in [0.15, 0.2) is 51.4 Å². The maximum atomic E-state index is 13.8. The summed E-state index contributed by atoms with van der Waals surface area (Å²) in [7, 11) is 0. The van der Waals surface area contributed by atoms with E-state index in [1.54, 1.807) is 12.1 Å². The van der Waals surface area contributed by atoms with Gasteiger partial charge in [-0.1, -0.05) is 31.9 Å². The molecule has 0 saturated carbocycles. The lowest BCUT2D eigenvalue weighted by atomic mass is 9.75. The maximum Gasteiger partial charge on any atom is 0.250 e. The van der Waals surface area contributed by atoms with Crippen LogP contribution in [0.5, 0.6) is 0 Å². The van der Waals surface area contributed by atoms with Crippen molar-refractivity contribution in [1.82, 2.24) is 4.90 Å². The van der Waals surface area contributed by atoms with Crippen LogP contribution in [0.1, 0.15) is 18.4 Å². The molecule has 3 fully saturated rings. The molecule has 6 rings (SSSR count). The Hall–Kier alpha value is -2.03. The van der Waals surface area contributed by atoms with Gasteiger partial charge in [0.25, 0.3) is 0 Å². The predicted octanol–water partition coefficient (Wildman–Crippen LogP) is 3.64. The summed E-state index contributed by atoms with van der Waals surface area (Å²) in [5.41, 5.74) is 0.925. The molecule has 3 amide bonds. The fraction of sp³-hybridized carbons (Fsp3) is 0.318. The van der Waals surface area contributed by atoms with E-state index >= 15 is 0 Å². The summed E-state index contributed by atoms with van der Waals surface area (Å²) in [6, 6.07) is 12.7. The van der Waals surface area contributed by atoms with E-state index in [9.17, 15) is 14.4 Å². The number of nitrogens with zero attached hydrogens (tertiary/aromatic N) is 2. The Morgan fingerprint density at radius 1 is 0.967 bits per heavy atom. The molecule has 0 aliphatic carbocycles. The minimum Gasteiger partial charge on any atom is -0.324 e. The molecule has 0 aromatic heterocycles. The molecule has 8 heteroatoms. The first-order valence-corrected chi connectivity index (χ1v) is 11.5. The van der Waals surface area contributed by atoms with E-state index in [2.05, 4.69) is 42.1 Å². The van der Waals surface area contributed by atoms with E-state index in [0.717, 1.165) is 33.0 Å². The molecule has 1 spiro atoms. The Morgan fingerprint density at radius 2 is 1.70 bits per heavy atom. The number of carbonyl (C=O) groups excluding carboxylic acids is 3. The molecule has 2 aromatic carbocycles. The summed E-state index contributed by atoms with van der Waals surface area (Å²) in [6.07, 6.45) is 1.72. The smallest absolute Gasteiger partial charge is 0.250 e. The maximum absolute atomic E-state index is 13.8. The van der Waals surface area contributed by atoms with Crippen molar-refractivity contribution >= 4 is 61.0 Å². The van der Waals surface area contributed by atoms with Crippen LogP contribution in [0.2, 0.25) is 0 Å². The number of hydrogen-bond acceptors (Lipinski definition) is 4. The highest BCUT2D eigenvalue weighted by Gasteiger charge is 2.74. The van der Waals surface area contributed by atoms with Gasteiger partial charge in [-0.15, -0.1) is 0 Å². The van der Waals surface area contributed by atoms with Gasteiger partial charge in [0.1, 0.15) is 5.54 Å². The number of fused-ring (bicyclic) bond motifs is 7. The van der Waals surface area contributed by atoms with Gasteiger partial charge in [-0.25, -0.2) is 4.90 Å². The number of imide groups is 1. The van der Waals surface area contributed by atoms with E-state index in [4.69, 9.17) is 0 Å². The third-order valence-electron chi connectivity index (χ3n) is 7.04. The lowest BCUT2D eigenvalue weighted by molar-refractivity contribution is -0.135. The van der Waals surface area contributed by atoms with Crippen LogP contribution in [-0.2, 0) is 19.9 Å². The highest BCUT2D eigenvalue weighted by Crippen LogP contribution is 2.60. The lowest BCUT2D eigenvalue weighted by Crippen LogP contribution is -2.54. The molecular formula is C22H17Br2N3O3. The summed E-state index contributed by atoms with van der Waals surface area (Å²) in [4.78, 5) is 44.3. The first kappa shape index (κ1) is 18.7. The molecule has 1 N–H and O–H groups in total. The van der Waals surface area contributed by atoms with Crippen LogP contribution in [0, 0.1) is 11.8 Å². The molecule has 4 aliphatic rings. The van der Waals surface area contributed by atoms with Gasteiger partial charge in [0.15, 0.2) is 0 Å². The number of carbonyl (C=O) groups is 3. The summed E-state index contributed by atoms with van der Waals surface area (Å²) in [5.74, 6) is -1.93. The van der Waals surface area contributed by atoms with Gasteiger partial charge in [-0.2, -0.15) is 0 Å². The minimum absolute atomic E-state index is 0.109. The topological polar surface area (TPSA) is 69.7 Å². The molecule has 0 unspecified atom stereocenters. The monoisotopic (exact) mass is 529 g/mol. The molecule has 0 radical (unpaired) electrons. The molecule has 6 nitrogen and oxygen atoms in total. The number of anilines is 2. The molecule has 4 aliphatic heterocycles. The van der Waals surface area contributed by atoms with Crippen LogP contribution >= 0.6 is 31.9 Å². The second-order valence-corrected chi connectivity index (χ2v) is 10.1. The molecule has 4 heterocycles. The van der Waals surface area contributed by atoms with Gasteiger partial charge in [0, 0.05) is 26.2 Å². The standard InChI is InChI=1S/C22H17Br2N3O3/c23-11-3-6-13(7-4-11)27-19(28)17-16-2-1-9-26(16)22(18(17)20(27)29)14-10-12(24)5-8-15(14)25-21(22)30/h3-8,10,16-18H,1-2,9H2,(H,25,30)/t16-,17+,18+,22+/m0/s1.